The van der Waals surface area contributed by atoms with Crippen LogP contribution in [0, 0.1) is 0 Å². The molecule has 10 heteroatoms. The second-order valence-corrected chi connectivity index (χ2v) is 8.61. The van der Waals surface area contributed by atoms with E-state index in [0.29, 0.717) is 37.2 Å². The number of nitrogens with zero attached hydrogens (tertiary/aromatic N) is 1. The van der Waals surface area contributed by atoms with E-state index < -0.39 is 5.54 Å². The molecule has 6 amide bonds. The standard InChI is InChI=1S/C20H27N5O4S/c21-16(26)8-13-30-15-7-2-1-6-14(15)23-18(28)22-11-5-12-25-17(27)20(24-19(25)29)9-3-4-10-20/h1-2,6-7H,3-5,8-13H2,(H2,21,26)(H,24,29)(H2,22,23,28). The number of hydrogen-bond acceptors (Lipinski definition) is 5. The third-order valence-electron chi connectivity index (χ3n) is 5.29. The van der Waals surface area contributed by atoms with Crippen molar-refractivity contribution in [3.63, 3.8) is 0 Å². The van der Waals surface area contributed by atoms with Gasteiger partial charge in [0.1, 0.15) is 5.54 Å². The molecule has 1 spiro atoms. The van der Waals surface area contributed by atoms with Crippen LogP contribution in [-0.4, -0.2) is 53.2 Å². The number of imide groups is 1. The van der Waals surface area contributed by atoms with Gasteiger partial charge in [0.2, 0.25) is 5.91 Å². The number of benzene rings is 1. The number of nitrogens with one attached hydrogen (secondary N) is 3. The number of nitrogens with two attached hydrogens (primary N) is 1. The Hall–Kier alpha value is -2.75. The zero-order valence-electron chi connectivity index (χ0n) is 16.7. The fourth-order valence-corrected chi connectivity index (χ4v) is 4.73. The number of urea groups is 2. The molecule has 0 radical (unpaired) electrons. The van der Waals surface area contributed by atoms with Gasteiger partial charge in [-0.3, -0.25) is 14.5 Å². The zero-order valence-corrected chi connectivity index (χ0v) is 17.6. The number of hydrogen-bond donors (Lipinski definition) is 4. The number of anilines is 1. The fourth-order valence-electron chi connectivity index (χ4n) is 3.76. The minimum Gasteiger partial charge on any atom is -0.370 e. The Kier molecular flexibility index (Phi) is 7.20. The molecule has 9 nitrogen and oxygen atoms in total. The summed E-state index contributed by atoms with van der Waals surface area (Å²) in [6.45, 7) is 0.596. The van der Waals surface area contributed by atoms with E-state index in [2.05, 4.69) is 16.0 Å². The highest BCUT2D eigenvalue weighted by molar-refractivity contribution is 7.99. The van der Waals surface area contributed by atoms with Crippen LogP contribution in [0.2, 0.25) is 0 Å². The van der Waals surface area contributed by atoms with Crippen LogP contribution in [0.15, 0.2) is 29.2 Å². The summed E-state index contributed by atoms with van der Waals surface area (Å²) in [6.07, 6.45) is 4.03. The van der Waals surface area contributed by atoms with Crippen molar-refractivity contribution in [2.24, 2.45) is 5.73 Å². The van der Waals surface area contributed by atoms with Crippen LogP contribution in [0.5, 0.6) is 0 Å². The quantitative estimate of drug-likeness (QED) is 0.269. The molecule has 3 rings (SSSR count). The Morgan fingerprint density at radius 3 is 2.67 bits per heavy atom. The normalized spacial score (nSPS) is 17.3. The number of para-hydroxylation sites is 1. The first-order chi connectivity index (χ1) is 14.4. The summed E-state index contributed by atoms with van der Waals surface area (Å²) >= 11 is 1.44. The number of thioether (sulfide) groups is 1. The van der Waals surface area contributed by atoms with E-state index in [1.807, 2.05) is 18.2 Å². The molecule has 2 aliphatic rings. The predicted molar refractivity (Wildman–Crippen MR) is 114 cm³/mol. The molecular formula is C20H27N5O4S. The van der Waals surface area contributed by atoms with Gasteiger partial charge in [0.25, 0.3) is 5.91 Å². The molecule has 0 atom stereocenters. The van der Waals surface area contributed by atoms with Crippen LogP contribution in [-0.2, 0) is 9.59 Å². The summed E-state index contributed by atoms with van der Waals surface area (Å²) in [5.41, 5.74) is 5.10. The van der Waals surface area contributed by atoms with E-state index in [1.54, 1.807) is 6.07 Å². The lowest BCUT2D eigenvalue weighted by Crippen LogP contribution is -2.44. The average molecular weight is 434 g/mol. The van der Waals surface area contributed by atoms with E-state index in [0.717, 1.165) is 17.7 Å². The van der Waals surface area contributed by atoms with Gasteiger partial charge in [0.05, 0.1) is 5.69 Å². The number of carbonyl (C=O) groups excluding carboxylic acids is 4. The van der Waals surface area contributed by atoms with Gasteiger partial charge < -0.3 is 21.7 Å². The number of carbonyl (C=O) groups is 4. The summed E-state index contributed by atoms with van der Waals surface area (Å²) in [5.74, 6) is 0.0225. The fraction of sp³-hybridized carbons (Fsp3) is 0.500. The van der Waals surface area contributed by atoms with Gasteiger partial charge in [-0.25, -0.2) is 9.59 Å². The summed E-state index contributed by atoms with van der Waals surface area (Å²) in [7, 11) is 0. The highest BCUT2D eigenvalue weighted by Gasteiger charge is 2.51. The number of rotatable bonds is 9. The van der Waals surface area contributed by atoms with E-state index in [4.69, 9.17) is 5.73 Å². The molecule has 1 aromatic rings. The third kappa shape index (κ3) is 5.24. The Bertz CT molecular complexity index is 825. The first kappa shape index (κ1) is 21.9. The van der Waals surface area contributed by atoms with E-state index in [9.17, 15) is 19.2 Å². The van der Waals surface area contributed by atoms with Gasteiger partial charge in [-0.05, 0) is 31.4 Å². The van der Waals surface area contributed by atoms with Crippen molar-refractivity contribution in [1.82, 2.24) is 15.5 Å². The molecule has 0 bridgehead atoms. The van der Waals surface area contributed by atoms with Crippen molar-refractivity contribution >= 4 is 41.3 Å². The molecule has 1 heterocycles. The molecule has 2 fully saturated rings. The summed E-state index contributed by atoms with van der Waals surface area (Å²) in [6, 6.07) is 6.59. The molecule has 162 valence electrons. The molecule has 1 saturated carbocycles. The van der Waals surface area contributed by atoms with Gasteiger partial charge in [-0.15, -0.1) is 11.8 Å². The van der Waals surface area contributed by atoms with Crippen LogP contribution in [0.3, 0.4) is 0 Å². The van der Waals surface area contributed by atoms with Crippen molar-refractivity contribution in [2.45, 2.75) is 49.0 Å². The van der Waals surface area contributed by atoms with Gasteiger partial charge in [0, 0.05) is 30.2 Å². The monoisotopic (exact) mass is 433 g/mol. The SMILES string of the molecule is NC(=O)CCSc1ccccc1NC(=O)NCCCN1C(=O)NC2(CCCC2)C1=O. The molecular weight excluding hydrogens is 406 g/mol. The molecule has 1 aliphatic heterocycles. The topological polar surface area (TPSA) is 134 Å². The maximum atomic E-state index is 12.6. The summed E-state index contributed by atoms with van der Waals surface area (Å²) < 4.78 is 0. The van der Waals surface area contributed by atoms with Crippen LogP contribution in [0.25, 0.3) is 0 Å². The second-order valence-electron chi connectivity index (χ2n) is 7.47. The van der Waals surface area contributed by atoms with Crippen molar-refractivity contribution < 1.29 is 19.2 Å². The second kappa shape index (κ2) is 9.84. The highest BCUT2D eigenvalue weighted by atomic mass is 32.2. The van der Waals surface area contributed by atoms with Gasteiger partial charge in [-0.2, -0.15) is 0 Å². The van der Waals surface area contributed by atoms with Crippen LogP contribution >= 0.6 is 11.8 Å². The van der Waals surface area contributed by atoms with E-state index >= 15 is 0 Å². The molecule has 1 aromatic carbocycles. The maximum Gasteiger partial charge on any atom is 0.325 e. The largest absolute Gasteiger partial charge is 0.370 e. The molecule has 5 N–H and O–H groups in total. The molecule has 0 unspecified atom stereocenters. The minimum atomic E-state index is -0.697. The third-order valence-corrected chi connectivity index (χ3v) is 6.36. The highest BCUT2D eigenvalue weighted by Crippen LogP contribution is 2.35. The summed E-state index contributed by atoms with van der Waals surface area (Å²) in [5, 5.41) is 8.38. The molecule has 0 aromatic heterocycles. The molecule has 30 heavy (non-hydrogen) atoms. The number of primary amides is 1. The van der Waals surface area contributed by atoms with Gasteiger partial charge >= 0.3 is 12.1 Å². The average Bonchev–Trinajstić information content (AvgIpc) is 3.26. The minimum absolute atomic E-state index is 0.142. The molecule has 1 aliphatic carbocycles. The van der Waals surface area contributed by atoms with Crippen molar-refractivity contribution in [1.29, 1.82) is 0 Å². The molecule has 1 saturated heterocycles. The lowest BCUT2D eigenvalue weighted by atomic mass is 9.98. The number of amides is 6. The van der Waals surface area contributed by atoms with Crippen LogP contribution in [0.4, 0.5) is 15.3 Å². The van der Waals surface area contributed by atoms with E-state index in [1.165, 1.54) is 16.7 Å². The first-order valence-electron chi connectivity index (χ1n) is 10.1. The summed E-state index contributed by atoms with van der Waals surface area (Å²) in [4.78, 5) is 49.9. The van der Waals surface area contributed by atoms with Gasteiger partial charge in [-0.1, -0.05) is 25.0 Å². The maximum absolute atomic E-state index is 12.6. The van der Waals surface area contributed by atoms with Crippen LogP contribution in [0.1, 0.15) is 38.5 Å². The van der Waals surface area contributed by atoms with Crippen LogP contribution < -0.4 is 21.7 Å². The zero-order chi connectivity index (χ0) is 21.6. The van der Waals surface area contributed by atoms with E-state index in [-0.39, 0.29) is 36.8 Å². The predicted octanol–water partition coefficient (Wildman–Crippen LogP) is 2.03. The lowest BCUT2D eigenvalue weighted by molar-refractivity contribution is -0.131. The van der Waals surface area contributed by atoms with Crippen molar-refractivity contribution in [3.05, 3.63) is 24.3 Å². The van der Waals surface area contributed by atoms with Gasteiger partial charge in [0.15, 0.2) is 0 Å². The Morgan fingerprint density at radius 2 is 1.93 bits per heavy atom. The lowest BCUT2D eigenvalue weighted by Gasteiger charge is -2.20. The van der Waals surface area contributed by atoms with Crippen molar-refractivity contribution in [3.8, 4) is 0 Å². The first-order valence-corrected chi connectivity index (χ1v) is 11.1. The van der Waals surface area contributed by atoms with Crippen molar-refractivity contribution in [2.75, 3.05) is 24.2 Å². The Labute approximate surface area is 179 Å². The Morgan fingerprint density at radius 1 is 1.20 bits per heavy atom. The smallest absolute Gasteiger partial charge is 0.325 e. The Balaban J connectivity index is 1.42.